The summed E-state index contributed by atoms with van der Waals surface area (Å²) in [5, 5.41) is 16.0. The summed E-state index contributed by atoms with van der Waals surface area (Å²) in [6.07, 6.45) is -0.661. The van der Waals surface area contributed by atoms with Crippen molar-refractivity contribution in [2.75, 3.05) is 18.4 Å². The van der Waals surface area contributed by atoms with Crippen molar-refractivity contribution in [3.8, 4) is 11.3 Å². The van der Waals surface area contributed by atoms with E-state index in [9.17, 15) is 23.1 Å². The average Bonchev–Trinajstić information content (AvgIpc) is 3.13. The Morgan fingerprint density at radius 3 is 2.80 bits per heavy atom. The van der Waals surface area contributed by atoms with E-state index in [-0.39, 0.29) is 33.3 Å². The monoisotopic (exact) mass is 483 g/mol. The predicted molar refractivity (Wildman–Crippen MR) is 109 cm³/mol. The molecule has 0 spiro atoms. The van der Waals surface area contributed by atoms with E-state index in [0.717, 1.165) is 25.6 Å². The Kier molecular flexibility index (Phi) is 5.41. The molecule has 0 radical (unpaired) electrons. The lowest BCUT2D eigenvalue weighted by atomic mass is 10.0. The number of carboxylic acid groups (broad SMARTS) is 1. The summed E-state index contributed by atoms with van der Waals surface area (Å²) in [6, 6.07) is 2.84. The molecule has 1 saturated heterocycles. The van der Waals surface area contributed by atoms with E-state index in [1.165, 1.54) is 18.3 Å². The molecule has 3 heterocycles. The highest BCUT2D eigenvalue weighted by Gasteiger charge is 2.36. The van der Waals surface area contributed by atoms with Crippen molar-refractivity contribution in [1.82, 2.24) is 20.3 Å². The molecule has 0 amide bonds. The molecule has 0 aliphatic carbocycles. The summed E-state index contributed by atoms with van der Waals surface area (Å²) < 4.78 is 41.3. The van der Waals surface area contributed by atoms with Crippen molar-refractivity contribution in [2.24, 2.45) is 0 Å². The van der Waals surface area contributed by atoms with Gasteiger partial charge in [-0.25, -0.2) is 14.8 Å². The Morgan fingerprint density at radius 1 is 1.33 bits per heavy atom. The Balaban J connectivity index is 1.82. The second-order valence-electron chi connectivity index (χ2n) is 7.00. The molecule has 1 aliphatic rings. The number of aromatic carboxylic acids is 1. The second kappa shape index (κ2) is 7.88. The van der Waals surface area contributed by atoms with Gasteiger partial charge in [-0.3, -0.25) is 0 Å². The van der Waals surface area contributed by atoms with Crippen LogP contribution in [0.3, 0.4) is 0 Å². The minimum atomic E-state index is -4.65. The van der Waals surface area contributed by atoms with Crippen LogP contribution in [0.25, 0.3) is 22.2 Å². The SMILES string of the molecule is O=C(O)c1ccc2c(-c3nc(N[C@H]4CCCNC4)ncc3C(F)(F)F)c[nH]c2c1Br. The maximum atomic E-state index is 13.7. The van der Waals surface area contributed by atoms with Gasteiger partial charge in [0.2, 0.25) is 5.95 Å². The minimum absolute atomic E-state index is 0.00165. The van der Waals surface area contributed by atoms with Crippen LogP contribution >= 0.6 is 15.9 Å². The van der Waals surface area contributed by atoms with Crippen LogP contribution in [0.1, 0.15) is 28.8 Å². The van der Waals surface area contributed by atoms with E-state index in [4.69, 9.17) is 0 Å². The molecule has 1 aromatic carbocycles. The first-order valence-corrected chi connectivity index (χ1v) is 9.99. The lowest BCUT2D eigenvalue weighted by molar-refractivity contribution is -0.137. The van der Waals surface area contributed by atoms with Crippen LogP contribution in [-0.4, -0.2) is 45.2 Å². The summed E-state index contributed by atoms with van der Waals surface area (Å²) in [7, 11) is 0. The standard InChI is InChI=1S/C19H17BrF3N5O2/c20-14-11(17(29)30)4-3-10-12(7-25-16(10)14)15-13(19(21,22)23)8-26-18(28-15)27-9-2-1-5-24-6-9/h3-4,7-9,24-25H,1-2,5-6H2,(H,29,30)(H,26,27,28)/t9-/m0/s1. The third-order valence-electron chi connectivity index (χ3n) is 5.00. The fraction of sp³-hybridized carbons (Fsp3) is 0.316. The molecule has 4 N–H and O–H groups in total. The van der Waals surface area contributed by atoms with Crippen molar-refractivity contribution >= 4 is 38.8 Å². The van der Waals surface area contributed by atoms with E-state index in [1.54, 1.807) is 0 Å². The zero-order valence-electron chi connectivity index (χ0n) is 15.5. The molecule has 0 unspecified atom stereocenters. The van der Waals surface area contributed by atoms with E-state index in [2.05, 4.69) is 41.5 Å². The zero-order valence-corrected chi connectivity index (χ0v) is 17.1. The first kappa shape index (κ1) is 20.6. The topological polar surface area (TPSA) is 103 Å². The number of nitrogens with one attached hydrogen (secondary N) is 3. The number of hydrogen-bond acceptors (Lipinski definition) is 5. The molecule has 7 nitrogen and oxygen atoms in total. The molecule has 1 aliphatic heterocycles. The van der Waals surface area contributed by atoms with Gasteiger partial charge in [-0.1, -0.05) is 6.07 Å². The first-order valence-electron chi connectivity index (χ1n) is 9.20. The van der Waals surface area contributed by atoms with Crippen LogP contribution in [-0.2, 0) is 6.18 Å². The molecular weight excluding hydrogens is 467 g/mol. The quantitative estimate of drug-likeness (QED) is 0.441. The number of benzene rings is 1. The first-order chi connectivity index (χ1) is 14.3. The van der Waals surface area contributed by atoms with E-state index >= 15 is 0 Å². The van der Waals surface area contributed by atoms with Crippen LogP contribution in [0, 0.1) is 0 Å². The predicted octanol–water partition coefficient (Wildman–Crippen LogP) is 4.27. The van der Waals surface area contributed by atoms with Gasteiger partial charge in [0.05, 0.1) is 21.2 Å². The highest BCUT2D eigenvalue weighted by Crippen LogP contribution is 2.40. The number of anilines is 1. The van der Waals surface area contributed by atoms with Gasteiger partial charge in [-0.2, -0.15) is 13.2 Å². The molecule has 0 bridgehead atoms. The molecule has 4 rings (SSSR count). The number of rotatable bonds is 4. The van der Waals surface area contributed by atoms with Crippen molar-refractivity contribution in [3.05, 3.63) is 40.1 Å². The van der Waals surface area contributed by atoms with Crippen LogP contribution in [0.4, 0.5) is 19.1 Å². The number of alkyl halides is 3. The highest BCUT2D eigenvalue weighted by atomic mass is 79.9. The summed E-state index contributed by atoms with van der Waals surface area (Å²) >= 11 is 3.22. The molecule has 1 atom stereocenters. The van der Waals surface area contributed by atoms with Crippen LogP contribution < -0.4 is 10.6 Å². The lowest BCUT2D eigenvalue weighted by Gasteiger charge is -2.24. The highest BCUT2D eigenvalue weighted by molar-refractivity contribution is 9.10. The van der Waals surface area contributed by atoms with Gasteiger partial charge in [0.15, 0.2) is 0 Å². The van der Waals surface area contributed by atoms with Gasteiger partial charge >= 0.3 is 12.1 Å². The maximum Gasteiger partial charge on any atom is 0.419 e. The number of aromatic amines is 1. The number of fused-ring (bicyclic) bond motifs is 1. The van der Waals surface area contributed by atoms with Gasteiger partial charge in [-0.05, 0) is 41.4 Å². The number of nitrogens with zero attached hydrogens (tertiary/aromatic N) is 2. The van der Waals surface area contributed by atoms with E-state index < -0.39 is 17.7 Å². The number of halogens is 4. The summed E-state index contributed by atoms with van der Waals surface area (Å²) in [5.74, 6) is -1.03. The minimum Gasteiger partial charge on any atom is -0.478 e. The van der Waals surface area contributed by atoms with Crippen molar-refractivity contribution < 1.29 is 23.1 Å². The Morgan fingerprint density at radius 2 is 2.13 bits per heavy atom. The molecule has 158 valence electrons. The number of carboxylic acids is 1. The zero-order chi connectivity index (χ0) is 21.5. The third kappa shape index (κ3) is 3.86. The lowest BCUT2D eigenvalue weighted by Crippen LogP contribution is -2.38. The van der Waals surface area contributed by atoms with Crippen LogP contribution in [0.2, 0.25) is 0 Å². The smallest absolute Gasteiger partial charge is 0.419 e. The molecule has 1 fully saturated rings. The van der Waals surface area contributed by atoms with Gasteiger partial charge < -0.3 is 20.7 Å². The third-order valence-corrected chi connectivity index (χ3v) is 5.83. The maximum absolute atomic E-state index is 13.7. The molecular formula is C19H17BrF3N5O2. The number of aromatic nitrogens is 3. The van der Waals surface area contributed by atoms with Gasteiger partial charge in [0.25, 0.3) is 0 Å². The normalized spacial score (nSPS) is 17.3. The van der Waals surface area contributed by atoms with Crippen LogP contribution in [0.15, 0.2) is 29.0 Å². The summed E-state index contributed by atoms with van der Waals surface area (Å²) in [5.41, 5.74) is -0.647. The summed E-state index contributed by atoms with van der Waals surface area (Å²) in [6.45, 7) is 1.58. The number of H-pyrrole nitrogens is 1. The van der Waals surface area contributed by atoms with E-state index in [1.807, 2.05) is 0 Å². The van der Waals surface area contributed by atoms with Gasteiger partial charge in [-0.15, -0.1) is 0 Å². The van der Waals surface area contributed by atoms with E-state index in [0.29, 0.717) is 17.4 Å². The Hall–Kier alpha value is -2.66. The second-order valence-corrected chi connectivity index (χ2v) is 7.79. The molecule has 0 saturated carbocycles. The van der Waals surface area contributed by atoms with Crippen molar-refractivity contribution in [2.45, 2.75) is 25.1 Å². The van der Waals surface area contributed by atoms with Gasteiger partial charge in [0, 0.05) is 35.9 Å². The van der Waals surface area contributed by atoms with Crippen LogP contribution in [0.5, 0.6) is 0 Å². The molecule has 30 heavy (non-hydrogen) atoms. The largest absolute Gasteiger partial charge is 0.478 e. The number of carbonyl (C=O) groups is 1. The fourth-order valence-corrected chi connectivity index (χ4v) is 4.18. The number of hydrogen-bond donors (Lipinski definition) is 4. The molecule has 2 aromatic heterocycles. The van der Waals surface area contributed by atoms with Crippen molar-refractivity contribution in [3.63, 3.8) is 0 Å². The fourth-order valence-electron chi connectivity index (χ4n) is 3.55. The van der Waals surface area contributed by atoms with Gasteiger partial charge in [0.1, 0.15) is 5.56 Å². The Bertz CT molecular complexity index is 1110. The Labute approximate surface area is 177 Å². The van der Waals surface area contributed by atoms with Crippen molar-refractivity contribution in [1.29, 1.82) is 0 Å². The number of piperidine rings is 1. The summed E-state index contributed by atoms with van der Waals surface area (Å²) in [4.78, 5) is 22.3. The molecule has 11 heteroatoms. The average molecular weight is 484 g/mol. The molecule has 3 aromatic rings.